The molecule has 6 heteroatoms. The fraction of sp³-hybridized carbons (Fsp3) is 0.333. The van der Waals surface area contributed by atoms with Crippen LogP contribution in [0.3, 0.4) is 0 Å². The molecule has 0 aliphatic heterocycles. The van der Waals surface area contributed by atoms with Gasteiger partial charge in [-0.25, -0.2) is 0 Å². The fourth-order valence-electron chi connectivity index (χ4n) is 1.93. The van der Waals surface area contributed by atoms with Crippen LogP contribution in [0.4, 0.5) is 0 Å². The van der Waals surface area contributed by atoms with Crippen molar-refractivity contribution < 1.29 is 9.53 Å². The standard InChI is InChI=1S/C15H19N3O3/c1-2-21-13-6-3-11(4-7-13)5-8-14(19)16-10-12-9-15(20)18-17-12/h3-4,6-7,9H,2,5,8,10H2,1H3,(H,16,19)(H2,17,18,20). The molecule has 0 bridgehead atoms. The Hall–Kier alpha value is -2.50. The average molecular weight is 289 g/mol. The highest BCUT2D eigenvalue weighted by molar-refractivity contribution is 5.76. The van der Waals surface area contributed by atoms with Gasteiger partial charge in [-0.15, -0.1) is 0 Å². The monoisotopic (exact) mass is 289 g/mol. The van der Waals surface area contributed by atoms with Crippen LogP contribution in [0.15, 0.2) is 35.1 Å². The predicted octanol–water partition coefficient (Wildman–Crippen LogP) is 1.35. The third-order valence-corrected chi connectivity index (χ3v) is 3.00. The average Bonchev–Trinajstić information content (AvgIpc) is 2.90. The van der Waals surface area contributed by atoms with Gasteiger partial charge in [0.05, 0.1) is 18.8 Å². The molecule has 2 aromatic rings. The number of aromatic nitrogens is 2. The molecule has 0 aliphatic carbocycles. The van der Waals surface area contributed by atoms with Gasteiger partial charge >= 0.3 is 0 Å². The molecule has 0 saturated carbocycles. The molecule has 1 aromatic carbocycles. The zero-order valence-corrected chi connectivity index (χ0v) is 11.9. The second kappa shape index (κ2) is 7.33. The first-order valence-corrected chi connectivity index (χ1v) is 6.92. The van der Waals surface area contributed by atoms with E-state index in [-0.39, 0.29) is 11.5 Å². The zero-order valence-electron chi connectivity index (χ0n) is 11.9. The Morgan fingerprint density at radius 1 is 1.24 bits per heavy atom. The maximum absolute atomic E-state index is 11.7. The normalized spacial score (nSPS) is 10.3. The van der Waals surface area contributed by atoms with Crippen LogP contribution in [0.5, 0.6) is 5.75 Å². The topological polar surface area (TPSA) is 87.0 Å². The Kier molecular flexibility index (Phi) is 5.20. The number of carbonyl (C=O) groups is 1. The Labute approximate surface area is 122 Å². The van der Waals surface area contributed by atoms with Crippen molar-refractivity contribution in [3.05, 3.63) is 51.9 Å². The number of nitrogens with one attached hydrogen (secondary N) is 3. The number of hydrogen-bond donors (Lipinski definition) is 3. The molecule has 0 atom stereocenters. The van der Waals surface area contributed by atoms with Crippen molar-refractivity contribution in [3.63, 3.8) is 0 Å². The fourth-order valence-corrected chi connectivity index (χ4v) is 1.93. The number of amides is 1. The van der Waals surface area contributed by atoms with E-state index in [0.29, 0.717) is 31.7 Å². The molecule has 21 heavy (non-hydrogen) atoms. The molecule has 1 heterocycles. The van der Waals surface area contributed by atoms with Crippen LogP contribution in [0.2, 0.25) is 0 Å². The van der Waals surface area contributed by atoms with E-state index in [9.17, 15) is 9.59 Å². The molecule has 0 spiro atoms. The van der Waals surface area contributed by atoms with Gasteiger partial charge < -0.3 is 15.2 Å². The molecule has 0 fully saturated rings. The second-order valence-corrected chi connectivity index (χ2v) is 4.64. The molecule has 2 rings (SSSR count). The number of rotatable bonds is 7. The lowest BCUT2D eigenvalue weighted by Crippen LogP contribution is -2.23. The zero-order chi connectivity index (χ0) is 15.1. The van der Waals surface area contributed by atoms with Crippen molar-refractivity contribution in [2.45, 2.75) is 26.3 Å². The first-order valence-electron chi connectivity index (χ1n) is 6.92. The van der Waals surface area contributed by atoms with Crippen molar-refractivity contribution in [1.82, 2.24) is 15.5 Å². The Balaban J connectivity index is 1.74. The highest BCUT2D eigenvalue weighted by Gasteiger charge is 2.04. The molecule has 0 saturated heterocycles. The van der Waals surface area contributed by atoms with Crippen LogP contribution in [-0.4, -0.2) is 22.7 Å². The molecular formula is C15H19N3O3. The second-order valence-electron chi connectivity index (χ2n) is 4.64. The number of benzene rings is 1. The number of hydrogen-bond acceptors (Lipinski definition) is 3. The summed E-state index contributed by atoms with van der Waals surface area (Å²) in [6.45, 7) is 2.90. The number of H-pyrrole nitrogens is 2. The Bertz CT molecular complexity index is 628. The number of aryl methyl sites for hydroxylation is 1. The lowest BCUT2D eigenvalue weighted by atomic mass is 10.1. The summed E-state index contributed by atoms with van der Waals surface area (Å²) in [5.41, 5.74) is 1.55. The maximum atomic E-state index is 11.7. The van der Waals surface area contributed by atoms with E-state index in [2.05, 4.69) is 15.5 Å². The highest BCUT2D eigenvalue weighted by atomic mass is 16.5. The van der Waals surface area contributed by atoms with Gasteiger partial charge in [0.2, 0.25) is 5.91 Å². The third kappa shape index (κ3) is 4.83. The molecule has 1 amide bonds. The minimum atomic E-state index is -0.200. The summed E-state index contributed by atoms with van der Waals surface area (Å²) in [4.78, 5) is 22.6. The number of carbonyl (C=O) groups excluding carboxylic acids is 1. The summed E-state index contributed by atoms with van der Waals surface area (Å²) in [6, 6.07) is 9.15. The minimum absolute atomic E-state index is 0.0501. The largest absolute Gasteiger partial charge is 0.494 e. The quantitative estimate of drug-likeness (QED) is 0.719. The summed E-state index contributed by atoms with van der Waals surface area (Å²) in [7, 11) is 0. The summed E-state index contributed by atoms with van der Waals surface area (Å²) in [6.07, 6.45) is 1.07. The van der Waals surface area contributed by atoms with Gasteiger partial charge in [-0.2, -0.15) is 0 Å². The maximum Gasteiger partial charge on any atom is 0.264 e. The molecule has 0 radical (unpaired) electrons. The molecule has 0 aliphatic rings. The van der Waals surface area contributed by atoms with E-state index in [0.717, 1.165) is 11.3 Å². The van der Waals surface area contributed by atoms with E-state index in [1.54, 1.807) is 0 Å². The van der Waals surface area contributed by atoms with Crippen LogP contribution in [-0.2, 0) is 17.8 Å². The van der Waals surface area contributed by atoms with Crippen molar-refractivity contribution in [2.24, 2.45) is 0 Å². The van der Waals surface area contributed by atoms with Crippen molar-refractivity contribution >= 4 is 5.91 Å². The molecule has 1 aromatic heterocycles. The van der Waals surface area contributed by atoms with E-state index in [1.807, 2.05) is 31.2 Å². The molecule has 0 unspecified atom stereocenters. The predicted molar refractivity (Wildman–Crippen MR) is 79.2 cm³/mol. The van der Waals surface area contributed by atoms with E-state index in [1.165, 1.54) is 6.07 Å². The van der Waals surface area contributed by atoms with Gasteiger partial charge in [-0.05, 0) is 31.0 Å². The first kappa shape index (κ1) is 14.9. The van der Waals surface area contributed by atoms with E-state index < -0.39 is 0 Å². The number of ether oxygens (including phenoxy) is 1. The van der Waals surface area contributed by atoms with Crippen LogP contribution >= 0.6 is 0 Å². The van der Waals surface area contributed by atoms with Crippen LogP contribution in [0, 0.1) is 0 Å². The van der Waals surface area contributed by atoms with Gasteiger partial charge in [-0.3, -0.25) is 14.7 Å². The van der Waals surface area contributed by atoms with Crippen LogP contribution in [0.1, 0.15) is 24.6 Å². The summed E-state index contributed by atoms with van der Waals surface area (Å²) < 4.78 is 5.36. The smallest absolute Gasteiger partial charge is 0.264 e. The molecule has 3 N–H and O–H groups in total. The van der Waals surface area contributed by atoms with Crippen molar-refractivity contribution in [3.8, 4) is 5.75 Å². The van der Waals surface area contributed by atoms with E-state index >= 15 is 0 Å². The summed E-state index contributed by atoms with van der Waals surface area (Å²) >= 11 is 0. The first-order chi connectivity index (χ1) is 10.2. The highest BCUT2D eigenvalue weighted by Crippen LogP contribution is 2.13. The molecular weight excluding hydrogens is 270 g/mol. The summed E-state index contributed by atoms with van der Waals surface area (Å²) in [5.74, 6) is 0.785. The molecule has 112 valence electrons. The summed E-state index contributed by atoms with van der Waals surface area (Å²) in [5, 5.41) is 7.87. The van der Waals surface area contributed by atoms with Crippen LogP contribution < -0.4 is 15.6 Å². The van der Waals surface area contributed by atoms with E-state index in [4.69, 9.17) is 4.74 Å². The third-order valence-electron chi connectivity index (χ3n) is 3.00. The van der Waals surface area contributed by atoms with Crippen molar-refractivity contribution in [1.29, 1.82) is 0 Å². The van der Waals surface area contributed by atoms with Crippen molar-refractivity contribution in [2.75, 3.05) is 6.61 Å². The van der Waals surface area contributed by atoms with Gasteiger partial charge in [-0.1, -0.05) is 12.1 Å². The molecule has 6 nitrogen and oxygen atoms in total. The lowest BCUT2D eigenvalue weighted by Gasteiger charge is -2.06. The SMILES string of the molecule is CCOc1ccc(CCC(=O)NCc2cc(=O)[nH][nH]2)cc1. The van der Waals surface area contributed by atoms with Gasteiger partial charge in [0.25, 0.3) is 5.56 Å². The van der Waals surface area contributed by atoms with Gasteiger partial charge in [0.1, 0.15) is 5.75 Å². The minimum Gasteiger partial charge on any atom is -0.494 e. The Morgan fingerprint density at radius 3 is 2.62 bits per heavy atom. The van der Waals surface area contributed by atoms with Crippen LogP contribution in [0.25, 0.3) is 0 Å². The van der Waals surface area contributed by atoms with Gasteiger partial charge in [0, 0.05) is 12.5 Å². The lowest BCUT2D eigenvalue weighted by molar-refractivity contribution is -0.121. The van der Waals surface area contributed by atoms with Gasteiger partial charge in [0.15, 0.2) is 0 Å². The Morgan fingerprint density at radius 2 is 2.00 bits per heavy atom. The number of aromatic amines is 2.